The van der Waals surface area contributed by atoms with Crippen LogP contribution >= 0.6 is 0 Å². The molecule has 3 rings (SSSR count). The molecule has 0 aliphatic carbocycles. The number of anilines is 1. The van der Waals surface area contributed by atoms with Crippen molar-refractivity contribution < 1.29 is 0 Å². The van der Waals surface area contributed by atoms with Crippen LogP contribution in [-0.4, -0.2) is 16.5 Å². The summed E-state index contributed by atoms with van der Waals surface area (Å²) in [6.07, 6.45) is 4.80. The lowest BCUT2D eigenvalue weighted by atomic mass is 10.1. The van der Waals surface area contributed by atoms with Gasteiger partial charge in [-0.15, -0.1) is 0 Å². The first-order valence-corrected chi connectivity index (χ1v) is 5.49. The first-order chi connectivity index (χ1) is 7.83. The summed E-state index contributed by atoms with van der Waals surface area (Å²) >= 11 is 0. The van der Waals surface area contributed by atoms with E-state index >= 15 is 0 Å². The number of aryl methyl sites for hydroxylation is 1. The van der Waals surface area contributed by atoms with Crippen molar-refractivity contribution in [1.29, 1.82) is 0 Å². The van der Waals surface area contributed by atoms with E-state index in [0.29, 0.717) is 0 Å². The van der Waals surface area contributed by atoms with E-state index in [1.807, 2.05) is 19.3 Å². The molecule has 2 heterocycles. The standard InChI is InChI=1S/C13H13N3/c1-9-7-15-13(16-8-9)11-2-3-12-10(6-11)4-5-14-12/h2-3,6-8,14H,4-5H2,1H3. The molecule has 1 aliphatic heterocycles. The minimum absolute atomic E-state index is 0.806. The molecule has 3 heteroatoms. The van der Waals surface area contributed by atoms with Crippen LogP contribution in [0.3, 0.4) is 0 Å². The lowest BCUT2D eigenvalue weighted by molar-refractivity contribution is 1.10. The summed E-state index contributed by atoms with van der Waals surface area (Å²) in [6.45, 7) is 3.03. The number of nitrogens with one attached hydrogen (secondary N) is 1. The van der Waals surface area contributed by atoms with Crippen molar-refractivity contribution in [3.8, 4) is 11.4 Å². The van der Waals surface area contributed by atoms with Crippen LogP contribution in [0.15, 0.2) is 30.6 Å². The van der Waals surface area contributed by atoms with Crippen molar-refractivity contribution in [2.24, 2.45) is 0 Å². The molecule has 0 atom stereocenters. The van der Waals surface area contributed by atoms with E-state index in [9.17, 15) is 0 Å². The summed E-state index contributed by atoms with van der Waals surface area (Å²) < 4.78 is 0. The second kappa shape index (κ2) is 3.59. The van der Waals surface area contributed by atoms with Gasteiger partial charge in [0.25, 0.3) is 0 Å². The number of benzene rings is 1. The molecule has 0 fully saturated rings. The maximum absolute atomic E-state index is 4.34. The highest BCUT2D eigenvalue weighted by atomic mass is 14.9. The summed E-state index contributed by atoms with van der Waals surface area (Å²) in [7, 11) is 0. The second-order valence-corrected chi connectivity index (χ2v) is 4.13. The Hall–Kier alpha value is -1.90. The number of hydrogen-bond acceptors (Lipinski definition) is 3. The molecule has 1 aromatic carbocycles. The van der Waals surface area contributed by atoms with E-state index in [-0.39, 0.29) is 0 Å². The van der Waals surface area contributed by atoms with Gasteiger partial charge in [0.05, 0.1) is 0 Å². The SMILES string of the molecule is Cc1cnc(-c2ccc3c(c2)CCN3)nc1. The molecule has 0 spiro atoms. The van der Waals surface area contributed by atoms with Gasteiger partial charge in [-0.1, -0.05) is 0 Å². The molecule has 1 aliphatic rings. The third kappa shape index (κ3) is 1.54. The first kappa shape index (κ1) is 9.33. The van der Waals surface area contributed by atoms with Gasteiger partial charge in [0.15, 0.2) is 5.82 Å². The number of fused-ring (bicyclic) bond motifs is 1. The van der Waals surface area contributed by atoms with E-state index < -0.39 is 0 Å². The Balaban J connectivity index is 2.03. The molecule has 3 nitrogen and oxygen atoms in total. The van der Waals surface area contributed by atoms with Gasteiger partial charge in [-0.25, -0.2) is 9.97 Å². The van der Waals surface area contributed by atoms with E-state index in [0.717, 1.165) is 29.9 Å². The average Bonchev–Trinajstić information content (AvgIpc) is 2.77. The molecule has 0 unspecified atom stereocenters. The van der Waals surface area contributed by atoms with Gasteiger partial charge in [-0.05, 0) is 42.7 Å². The number of aromatic nitrogens is 2. The van der Waals surface area contributed by atoms with Crippen LogP contribution in [0.25, 0.3) is 11.4 Å². The Kier molecular flexibility index (Phi) is 2.10. The van der Waals surface area contributed by atoms with Gasteiger partial charge in [-0.3, -0.25) is 0 Å². The van der Waals surface area contributed by atoms with Crippen LogP contribution in [-0.2, 0) is 6.42 Å². The smallest absolute Gasteiger partial charge is 0.159 e. The number of hydrogen-bond donors (Lipinski definition) is 1. The fourth-order valence-electron chi connectivity index (χ4n) is 1.99. The third-order valence-electron chi connectivity index (χ3n) is 2.85. The topological polar surface area (TPSA) is 37.8 Å². The van der Waals surface area contributed by atoms with Crippen molar-refractivity contribution >= 4 is 5.69 Å². The zero-order valence-corrected chi connectivity index (χ0v) is 9.20. The second-order valence-electron chi connectivity index (χ2n) is 4.13. The van der Waals surface area contributed by atoms with E-state index in [1.165, 1.54) is 11.3 Å². The molecule has 0 bridgehead atoms. The van der Waals surface area contributed by atoms with Gasteiger partial charge in [-0.2, -0.15) is 0 Å². The summed E-state index contributed by atoms with van der Waals surface area (Å²) in [5.41, 5.74) is 4.80. The first-order valence-electron chi connectivity index (χ1n) is 5.49. The summed E-state index contributed by atoms with van der Waals surface area (Å²) in [6, 6.07) is 6.36. The Morgan fingerprint density at radius 3 is 2.81 bits per heavy atom. The quantitative estimate of drug-likeness (QED) is 0.787. The fraction of sp³-hybridized carbons (Fsp3) is 0.231. The molecule has 0 radical (unpaired) electrons. The fourth-order valence-corrected chi connectivity index (χ4v) is 1.99. The Morgan fingerprint density at radius 2 is 2.00 bits per heavy atom. The van der Waals surface area contributed by atoms with Crippen molar-refractivity contribution in [3.05, 3.63) is 41.7 Å². The van der Waals surface area contributed by atoms with Crippen LogP contribution in [0.5, 0.6) is 0 Å². The van der Waals surface area contributed by atoms with Crippen LogP contribution in [0.4, 0.5) is 5.69 Å². The largest absolute Gasteiger partial charge is 0.384 e. The van der Waals surface area contributed by atoms with Crippen molar-refractivity contribution in [2.45, 2.75) is 13.3 Å². The van der Waals surface area contributed by atoms with E-state index in [2.05, 4.69) is 33.5 Å². The van der Waals surface area contributed by atoms with Gasteiger partial charge in [0, 0.05) is 30.2 Å². The molecular weight excluding hydrogens is 198 g/mol. The van der Waals surface area contributed by atoms with Crippen LogP contribution in [0.2, 0.25) is 0 Å². The maximum Gasteiger partial charge on any atom is 0.159 e. The summed E-state index contributed by atoms with van der Waals surface area (Å²) in [5, 5.41) is 3.35. The van der Waals surface area contributed by atoms with Crippen molar-refractivity contribution in [1.82, 2.24) is 9.97 Å². The summed E-state index contributed by atoms with van der Waals surface area (Å²) in [4.78, 5) is 8.68. The van der Waals surface area contributed by atoms with Gasteiger partial charge >= 0.3 is 0 Å². The third-order valence-corrected chi connectivity index (χ3v) is 2.85. The number of nitrogens with zero attached hydrogens (tertiary/aromatic N) is 2. The molecule has 0 amide bonds. The van der Waals surface area contributed by atoms with Crippen LogP contribution < -0.4 is 5.32 Å². The molecule has 16 heavy (non-hydrogen) atoms. The van der Waals surface area contributed by atoms with Crippen molar-refractivity contribution in [3.63, 3.8) is 0 Å². The molecule has 1 aromatic heterocycles. The highest BCUT2D eigenvalue weighted by molar-refractivity contribution is 5.65. The molecule has 1 N–H and O–H groups in total. The molecule has 0 saturated heterocycles. The zero-order chi connectivity index (χ0) is 11.0. The minimum Gasteiger partial charge on any atom is -0.384 e. The zero-order valence-electron chi connectivity index (χ0n) is 9.20. The normalized spacial score (nSPS) is 13.3. The molecular formula is C13H13N3. The summed E-state index contributed by atoms with van der Waals surface area (Å²) in [5.74, 6) is 0.806. The van der Waals surface area contributed by atoms with Crippen LogP contribution in [0, 0.1) is 6.92 Å². The predicted molar refractivity (Wildman–Crippen MR) is 64.4 cm³/mol. The lowest BCUT2D eigenvalue weighted by Crippen LogP contribution is -1.91. The highest BCUT2D eigenvalue weighted by Gasteiger charge is 2.11. The Morgan fingerprint density at radius 1 is 1.19 bits per heavy atom. The predicted octanol–water partition coefficient (Wildman–Crippen LogP) is 2.42. The van der Waals surface area contributed by atoms with Gasteiger partial charge < -0.3 is 5.32 Å². The lowest BCUT2D eigenvalue weighted by Gasteiger charge is -2.03. The van der Waals surface area contributed by atoms with Gasteiger partial charge in [0.2, 0.25) is 0 Å². The highest BCUT2D eigenvalue weighted by Crippen LogP contribution is 2.26. The molecule has 0 saturated carbocycles. The average molecular weight is 211 g/mol. The minimum atomic E-state index is 0.806. The number of rotatable bonds is 1. The van der Waals surface area contributed by atoms with E-state index in [1.54, 1.807) is 0 Å². The monoisotopic (exact) mass is 211 g/mol. The molecule has 80 valence electrons. The maximum atomic E-state index is 4.34. The van der Waals surface area contributed by atoms with Crippen molar-refractivity contribution in [2.75, 3.05) is 11.9 Å². The van der Waals surface area contributed by atoms with Gasteiger partial charge in [0.1, 0.15) is 0 Å². The van der Waals surface area contributed by atoms with E-state index in [4.69, 9.17) is 0 Å². The van der Waals surface area contributed by atoms with Crippen LogP contribution in [0.1, 0.15) is 11.1 Å². The Labute approximate surface area is 94.6 Å². The Bertz CT molecular complexity index is 517. The molecule has 2 aromatic rings.